The fraction of sp³-hybridized carbons (Fsp3) is 0.550. The summed E-state index contributed by atoms with van der Waals surface area (Å²) in [6.45, 7) is 1.62. The normalized spacial score (nSPS) is 29.7. The van der Waals surface area contributed by atoms with Crippen LogP contribution in [0.5, 0.6) is 0 Å². The lowest BCUT2D eigenvalue weighted by atomic mass is 10.0. The van der Waals surface area contributed by atoms with E-state index in [9.17, 15) is 9.18 Å². The van der Waals surface area contributed by atoms with E-state index in [0.717, 1.165) is 62.1 Å². The minimum absolute atomic E-state index is 0.0942. The van der Waals surface area contributed by atoms with Crippen molar-refractivity contribution in [3.8, 4) is 0 Å². The Morgan fingerprint density at radius 2 is 2.08 bits per heavy atom. The van der Waals surface area contributed by atoms with Crippen LogP contribution in [0.4, 0.5) is 4.39 Å². The molecule has 0 bridgehead atoms. The molecule has 25 heavy (non-hydrogen) atoms. The van der Waals surface area contributed by atoms with Crippen LogP contribution in [-0.2, 0) is 4.79 Å². The number of carbonyl (C=O) groups is 1. The van der Waals surface area contributed by atoms with Crippen LogP contribution in [0.15, 0.2) is 29.2 Å². The van der Waals surface area contributed by atoms with Crippen molar-refractivity contribution in [2.75, 3.05) is 18.8 Å². The van der Waals surface area contributed by atoms with Crippen molar-refractivity contribution in [1.29, 1.82) is 0 Å². The molecule has 1 aliphatic carbocycles. The van der Waals surface area contributed by atoms with E-state index >= 15 is 0 Å². The Kier molecular flexibility index (Phi) is 4.87. The second kappa shape index (κ2) is 7.12. The molecule has 0 aromatic heterocycles. The number of nitrogens with two attached hydrogens (primary N) is 1. The number of carbonyl (C=O) groups excluding carboxylic acids is 1. The molecule has 134 valence electrons. The minimum atomic E-state index is -0.150. The molecule has 1 aromatic rings. The highest BCUT2D eigenvalue weighted by Crippen LogP contribution is 2.55. The Labute approximate surface area is 152 Å². The third-order valence-electron chi connectivity index (χ3n) is 5.63. The summed E-state index contributed by atoms with van der Waals surface area (Å²) >= 11 is 1.82. The van der Waals surface area contributed by atoms with Gasteiger partial charge in [-0.15, -0.1) is 11.8 Å². The summed E-state index contributed by atoms with van der Waals surface area (Å²) in [4.78, 5) is 16.1. The van der Waals surface area contributed by atoms with Crippen LogP contribution in [0.25, 0.3) is 5.57 Å². The Morgan fingerprint density at radius 3 is 2.92 bits per heavy atom. The first-order valence-electron chi connectivity index (χ1n) is 9.30. The number of nitrogens with zero attached hydrogens (tertiary/aromatic N) is 1. The summed E-state index contributed by atoms with van der Waals surface area (Å²) in [5.41, 5.74) is 7.88. The first-order chi connectivity index (χ1) is 12.1. The summed E-state index contributed by atoms with van der Waals surface area (Å²) in [5, 5.41) is 0. The third kappa shape index (κ3) is 3.49. The van der Waals surface area contributed by atoms with Crippen molar-refractivity contribution in [3.05, 3.63) is 40.6 Å². The summed E-state index contributed by atoms with van der Waals surface area (Å²) in [6.07, 6.45) is 4.73. The SMILES string of the molecule is NC1CCCN(C(=O)C2CC2C2=C(c3ccccc3F)CCS2)CC1. The number of halogens is 1. The highest BCUT2D eigenvalue weighted by Gasteiger charge is 2.48. The van der Waals surface area contributed by atoms with Crippen molar-refractivity contribution in [1.82, 2.24) is 4.90 Å². The maximum Gasteiger partial charge on any atom is 0.226 e. The maximum atomic E-state index is 14.2. The van der Waals surface area contributed by atoms with Gasteiger partial charge in [-0.3, -0.25) is 4.79 Å². The maximum absolute atomic E-state index is 14.2. The molecule has 1 saturated carbocycles. The van der Waals surface area contributed by atoms with Gasteiger partial charge in [0, 0.05) is 42.3 Å². The Bertz CT molecular complexity index is 705. The first kappa shape index (κ1) is 17.1. The largest absolute Gasteiger partial charge is 0.342 e. The summed E-state index contributed by atoms with van der Waals surface area (Å²) < 4.78 is 14.2. The predicted molar refractivity (Wildman–Crippen MR) is 100 cm³/mol. The quantitative estimate of drug-likeness (QED) is 0.895. The summed E-state index contributed by atoms with van der Waals surface area (Å²) in [7, 11) is 0. The Hall–Kier alpha value is -1.33. The topological polar surface area (TPSA) is 46.3 Å². The van der Waals surface area contributed by atoms with E-state index in [1.807, 2.05) is 28.8 Å². The molecule has 2 heterocycles. The van der Waals surface area contributed by atoms with Crippen LogP contribution < -0.4 is 5.73 Å². The third-order valence-corrected chi connectivity index (χ3v) is 6.90. The zero-order valence-electron chi connectivity index (χ0n) is 14.4. The van der Waals surface area contributed by atoms with Gasteiger partial charge >= 0.3 is 0 Å². The van der Waals surface area contributed by atoms with Gasteiger partial charge in [0.05, 0.1) is 0 Å². The number of hydrogen-bond acceptors (Lipinski definition) is 3. The minimum Gasteiger partial charge on any atom is -0.342 e. The molecule has 2 N–H and O–H groups in total. The average molecular weight is 360 g/mol. The van der Waals surface area contributed by atoms with Gasteiger partial charge in [-0.05, 0) is 48.6 Å². The van der Waals surface area contributed by atoms with Gasteiger partial charge in [-0.2, -0.15) is 0 Å². The van der Waals surface area contributed by atoms with Gasteiger partial charge in [0.15, 0.2) is 0 Å². The van der Waals surface area contributed by atoms with E-state index in [4.69, 9.17) is 5.73 Å². The number of thioether (sulfide) groups is 1. The summed E-state index contributed by atoms with van der Waals surface area (Å²) in [6, 6.07) is 7.25. The van der Waals surface area contributed by atoms with E-state index < -0.39 is 0 Å². The molecular weight excluding hydrogens is 335 g/mol. The predicted octanol–water partition coefficient (Wildman–Crippen LogP) is 3.65. The molecule has 3 nitrogen and oxygen atoms in total. The summed E-state index contributed by atoms with van der Waals surface area (Å²) in [5.74, 6) is 1.52. The molecule has 0 radical (unpaired) electrons. The van der Waals surface area contributed by atoms with Crippen molar-refractivity contribution in [2.24, 2.45) is 17.6 Å². The van der Waals surface area contributed by atoms with E-state index in [1.54, 1.807) is 6.07 Å². The van der Waals surface area contributed by atoms with Gasteiger partial charge in [-0.1, -0.05) is 18.2 Å². The molecule has 0 spiro atoms. The monoisotopic (exact) mass is 360 g/mol. The van der Waals surface area contributed by atoms with Crippen molar-refractivity contribution < 1.29 is 9.18 Å². The molecule has 1 amide bonds. The lowest BCUT2D eigenvalue weighted by Crippen LogP contribution is -2.34. The first-order valence-corrected chi connectivity index (χ1v) is 10.3. The lowest BCUT2D eigenvalue weighted by Gasteiger charge is -2.20. The zero-order valence-corrected chi connectivity index (χ0v) is 15.2. The van der Waals surface area contributed by atoms with Crippen molar-refractivity contribution >= 4 is 23.2 Å². The molecule has 3 unspecified atom stereocenters. The smallest absolute Gasteiger partial charge is 0.226 e. The molecule has 1 saturated heterocycles. The highest BCUT2D eigenvalue weighted by molar-refractivity contribution is 8.03. The van der Waals surface area contributed by atoms with Gasteiger partial charge in [0.25, 0.3) is 0 Å². The van der Waals surface area contributed by atoms with Crippen LogP contribution in [0.2, 0.25) is 0 Å². The molecular formula is C20H25FN2OS. The zero-order chi connectivity index (χ0) is 17.4. The average Bonchev–Trinajstić information content (AvgIpc) is 3.31. The van der Waals surface area contributed by atoms with E-state index in [2.05, 4.69) is 0 Å². The Balaban J connectivity index is 1.49. The molecule has 2 fully saturated rings. The fourth-order valence-corrected chi connectivity index (χ4v) is 5.50. The number of likely N-dealkylation sites (tertiary alicyclic amines) is 1. The van der Waals surface area contributed by atoms with Crippen LogP contribution >= 0.6 is 11.8 Å². The number of amides is 1. The number of hydrogen-bond donors (Lipinski definition) is 1. The number of benzene rings is 1. The van der Waals surface area contributed by atoms with Gasteiger partial charge in [0.1, 0.15) is 5.82 Å². The Morgan fingerprint density at radius 1 is 1.24 bits per heavy atom. The van der Waals surface area contributed by atoms with Gasteiger partial charge in [-0.25, -0.2) is 4.39 Å². The van der Waals surface area contributed by atoms with Crippen LogP contribution in [-0.4, -0.2) is 35.7 Å². The second-order valence-corrected chi connectivity index (χ2v) is 8.52. The van der Waals surface area contributed by atoms with E-state index in [0.29, 0.717) is 5.92 Å². The fourth-order valence-electron chi connectivity index (χ4n) is 4.11. The van der Waals surface area contributed by atoms with Crippen molar-refractivity contribution in [3.63, 3.8) is 0 Å². The number of allylic oxidation sites excluding steroid dienone is 2. The highest BCUT2D eigenvalue weighted by atomic mass is 32.2. The van der Waals surface area contributed by atoms with Crippen molar-refractivity contribution in [2.45, 2.75) is 38.1 Å². The molecule has 2 aliphatic heterocycles. The van der Waals surface area contributed by atoms with Crippen LogP contribution in [0, 0.1) is 17.7 Å². The molecule has 1 aromatic carbocycles. The van der Waals surface area contributed by atoms with Crippen LogP contribution in [0.3, 0.4) is 0 Å². The number of rotatable bonds is 3. The van der Waals surface area contributed by atoms with E-state index in [1.165, 1.54) is 11.0 Å². The lowest BCUT2D eigenvalue weighted by molar-refractivity contribution is -0.132. The van der Waals surface area contributed by atoms with Gasteiger partial charge in [0.2, 0.25) is 5.91 Å². The molecule has 3 atom stereocenters. The molecule has 4 rings (SSSR count). The molecule has 3 aliphatic rings. The van der Waals surface area contributed by atoms with E-state index in [-0.39, 0.29) is 23.7 Å². The van der Waals surface area contributed by atoms with Crippen LogP contribution in [0.1, 0.15) is 37.7 Å². The molecule has 5 heteroatoms. The standard InChI is InChI=1S/C20H25FN2OS/c21-18-6-2-1-5-14(18)15-8-11-25-19(15)16-12-17(16)20(24)23-9-3-4-13(22)7-10-23/h1-2,5-6,13,16-17H,3-4,7-12,22H2. The second-order valence-electron chi connectivity index (χ2n) is 7.39. The van der Waals surface area contributed by atoms with Gasteiger partial charge < -0.3 is 10.6 Å².